The smallest absolute Gasteiger partial charge is 0.237 e. The molecule has 0 unspecified atom stereocenters. The number of hydrogen-bond donors (Lipinski definition) is 0. The van der Waals surface area contributed by atoms with Gasteiger partial charge >= 0.3 is 0 Å². The topological polar surface area (TPSA) is 49.9 Å². The molecule has 5 heteroatoms. The zero-order valence-corrected chi connectivity index (χ0v) is 14.2. The molecule has 0 atom stereocenters. The Hall–Kier alpha value is -1.88. The summed E-state index contributed by atoms with van der Waals surface area (Å²) in [5.41, 5.74) is 0.0135. The molecule has 0 spiro atoms. The van der Waals surface area contributed by atoms with Crippen LogP contribution in [-0.2, 0) is 20.9 Å². The summed E-state index contributed by atoms with van der Waals surface area (Å²) < 4.78 is 5.28. The SMILES string of the molecule is CCN(Cc1ccccc1)C(=O)C(C)(C)C(=O)N1CCOCC1. The lowest BCUT2D eigenvalue weighted by atomic mass is 9.89. The van der Waals surface area contributed by atoms with Gasteiger partial charge in [0.1, 0.15) is 5.41 Å². The standard InChI is InChI=1S/C18H26N2O3/c1-4-19(14-15-8-6-5-7-9-15)16(21)18(2,3)17(22)20-10-12-23-13-11-20/h5-9H,4,10-14H2,1-3H3. The third kappa shape index (κ3) is 4.10. The number of benzene rings is 1. The molecule has 1 fully saturated rings. The zero-order chi connectivity index (χ0) is 16.9. The van der Waals surface area contributed by atoms with Crippen LogP contribution in [0.5, 0.6) is 0 Å². The van der Waals surface area contributed by atoms with Crippen molar-refractivity contribution < 1.29 is 14.3 Å². The molecule has 2 rings (SSSR count). The summed E-state index contributed by atoms with van der Waals surface area (Å²) in [6.07, 6.45) is 0. The van der Waals surface area contributed by atoms with Gasteiger partial charge in [-0.1, -0.05) is 30.3 Å². The molecule has 23 heavy (non-hydrogen) atoms. The van der Waals surface area contributed by atoms with E-state index in [-0.39, 0.29) is 11.8 Å². The molecule has 126 valence electrons. The number of carbonyl (C=O) groups excluding carboxylic acids is 2. The molecule has 1 saturated heterocycles. The lowest BCUT2D eigenvalue weighted by Crippen LogP contribution is -2.53. The van der Waals surface area contributed by atoms with Crippen LogP contribution in [0.15, 0.2) is 30.3 Å². The number of carbonyl (C=O) groups is 2. The van der Waals surface area contributed by atoms with Crippen molar-refractivity contribution in [2.45, 2.75) is 27.3 Å². The molecule has 5 nitrogen and oxygen atoms in total. The third-order valence-corrected chi connectivity index (χ3v) is 4.25. The minimum absolute atomic E-state index is 0.114. The van der Waals surface area contributed by atoms with Crippen LogP contribution >= 0.6 is 0 Å². The largest absolute Gasteiger partial charge is 0.378 e. The first-order valence-corrected chi connectivity index (χ1v) is 8.17. The summed E-state index contributed by atoms with van der Waals surface area (Å²) in [7, 11) is 0. The fraction of sp³-hybridized carbons (Fsp3) is 0.556. The summed E-state index contributed by atoms with van der Waals surface area (Å²) in [5.74, 6) is -0.238. The second-order valence-electron chi connectivity index (χ2n) is 6.33. The summed E-state index contributed by atoms with van der Waals surface area (Å²) in [4.78, 5) is 29.2. The van der Waals surface area contributed by atoms with Crippen LogP contribution in [0.2, 0.25) is 0 Å². The molecule has 0 N–H and O–H groups in total. The number of amides is 2. The van der Waals surface area contributed by atoms with Gasteiger partial charge in [0, 0.05) is 26.2 Å². The zero-order valence-electron chi connectivity index (χ0n) is 14.2. The van der Waals surface area contributed by atoms with Gasteiger partial charge in [0.05, 0.1) is 13.2 Å². The first kappa shape index (κ1) is 17.5. The molecule has 0 bridgehead atoms. The second-order valence-corrected chi connectivity index (χ2v) is 6.33. The first-order chi connectivity index (χ1) is 11.0. The van der Waals surface area contributed by atoms with E-state index in [4.69, 9.17) is 4.74 Å². The highest BCUT2D eigenvalue weighted by molar-refractivity contribution is 6.04. The Morgan fingerprint density at radius 3 is 2.35 bits per heavy atom. The minimum atomic E-state index is -1.05. The van der Waals surface area contributed by atoms with Gasteiger partial charge in [-0.05, 0) is 26.3 Å². The van der Waals surface area contributed by atoms with Crippen LogP contribution in [0.25, 0.3) is 0 Å². The average Bonchev–Trinajstić information content (AvgIpc) is 2.60. The van der Waals surface area contributed by atoms with Crippen molar-refractivity contribution in [3.05, 3.63) is 35.9 Å². The van der Waals surface area contributed by atoms with Crippen LogP contribution < -0.4 is 0 Å². The van der Waals surface area contributed by atoms with Crippen LogP contribution in [-0.4, -0.2) is 54.5 Å². The summed E-state index contributed by atoms with van der Waals surface area (Å²) >= 11 is 0. The van der Waals surface area contributed by atoms with Crippen molar-refractivity contribution >= 4 is 11.8 Å². The van der Waals surface area contributed by atoms with Gasteiger partial charge < -0.3 is 14.5 Å². The van der Waals surface area contributed by atoms with E-state index in [1.165, 1.54) is 0 Å². The molecular formula is C18H26N2O3. The number of hydrogen-bond acceptors (Lipinski definition) is 3. The van der Waals surface area contributed by atoms with Crippen LogP contribution in [0.3, 0.4) is 0 Å². The Balaban J connectivity index is 2.09. The number of nitrogens with zero attached hydrogens (tertiary/aromatic N) is 2. The van der Waals surface area contributed by atoms with Gasteiger partial charge in [-0.15, -0.1) is 0 Å². The van der Waals surface area contributed by atoms with E-state index in [0.717, 1.165) is 5.56 Å². The quantitative estimate of drug-likeness (QED) is 0.779. The third-order valence-electron chi connectivity index (χ3n) is 4.25. The van der Waals surface area contributed by atoms with E-state index in [9.17, 15) is 9.59 Å². The number of rotatable bonds is 5. The highest BCUT2D eigenvalue weighted by Crippen LogP contribution is 2.24. The molecule has 0 saturated carbocycles. The van der Waals surface area contributed by atoms with Crippen LogP contribution in [0, 0.1) is 5.41 Å². The maximum atomic E-state index is 12.9. The molecule has 1 aromatic carbocycles. The summed E-state index contributed by atoms with van der Waals surface area (Å²) in [6, 6.07) is 9.85. The minimum Gasteiger partial charge on any atom is -0.378 e. The molecule has 1 heterocycles. The first-order valence-electron chi connectivity index (χ1n) is 8.17. The van der Waals surface area contributed by atoms with E-state index >= 15 is 0 Å². The van der Waals surface area contributed by atoms with E-state index in [2.05, 4.69) is 0 Å². The van der Waals surface area contributed by atoms with E-state index in [1.54, 1.807) is 23.6 Å². The van der Waals surface area contributed by atoms with Gasteiger partial charge in [-0.25, -0.2) is 0 Å². The molecule has 0 radical (unpaired) electrons. The fourth-order valence-corrected chi connectivity index (χ4v) is 2.78. The van der Waals surface area contributed by atoms with Gasteiger partial charge in [0.15, 0.2) is 0 Å². The summed E-state index contributed by atoms with van der Waals surface area (Å²) in [6.45, 7) is 8.68. The molecule has 0 aliphatic carbocycles. The van der Waals surface area contributed by atoms with E-state index < -0.39 is 5.41 Å². The monoisotopic (exact) mass is 318 g/mol. The van der Waals surface area contributed by atoms with Crippen molar-refractivity contribution in [2.24, 2.45) is 5.41 Å². The Labute approximate surface area is 138 Å². The Morgan fingerprint density at radius 2 is 1.78 bits per heavy atom. The molecule has 2 amide bonds. The normalized spacial score (nSPS) is 15.3. The van der Waals surface area contributed by atoms with Gasteiger partial charge in [-0.2, -0.15) is 0 Å². The molecule has 1 aliphatic heterocycles. The molecule has 1 aliphatic rings. The van der Waals surface area contributed by atoms with Gasteiger partial charge in [-0.3, -0.25) is 9.59 Å². The summed E-state index contributed by atoms with van der Waals surface area (Å²) in [5, 5.41) is 0. The van der Waals surface area contributed by atoms with Crippen molar-refractivity contribution in [3.8, 4) is 0 Å². The van der Waals surface area contributed by atoms with Crippen molar-refractivity contribution in [1.29, 1.82) is 0 Å². The second kappa shape index (κ2) is 7.59. The van der Waals surface area contributed by atoms with Crippen molar-refractivity contribution in [1.82, 2.24) is 9.80 Å². The lowest BCUT2D eigenvalue weighted by Gasteiger charge is -2.36. The average molecular weight is 318 g/mol. The predicted octanol–water partition coefficient (Wildman–Crippen LogP) is 1.92. The molecule has 0 aromatic heterocycles. The lowest BCUT2D eigenvalue weighted by molar-refractivity contribution is -0.156. The van der Waals surface area contributed by atoms with Crippen LogP contribution in [0.1, 0.15) is 26.3 Å². The van der Waals surface area contributed by atoms with E-state index in [1.807, 2.05) is 37.3 Å². The number of morpholine rings is 1. The van der Waals surface area contributed by atoms with Crippen molar-refractivity contribution in [3.63, 3.8) is 0 Å². The fourth-order valence-electron chi connectivity index (χ4n) is 2.78. The number of ether oxygens (including phenoxy) is 1. The highest BCUT2D eigenvalue weighted by atomic mass is 16.5. The maximum Gasteiger partial charge on any atom is 0.237 e. The van der Waals surface area contributed by atoms with Crippen molar-refractivity contribution in [2.75, 3.05) is 32.8 Å². The van der Waals surface area contributed by atoms with E-state index in [0.29, 0.717) is 39.4 Å². The highest BCUT2D eigenvalue weighted by Gasteiger charge is 2.41. The van der Waals surface area contributed by atoms with Gasteiger partial charge in [0.2, 0.25) is 11.8 Å². The predicted molar refractivity (Wildman–Crippen MR) is 88.7 cm³/mol. The Morgan fingerprint density at radius 1 is 1.17 bits per heavy atom. The molecule has 1 aromatic rings. The Kier molecular flexibility index (Phi) is 5.77. The Bertz CT molecular complexity index is 536. The molecular weight excluding hydrogens is 292 g/mol. The maximum absolute atomic E-state index is 12.9. The van der Waals surface area contributed by atoms with Crippen LogP contribution in [0.4, 0.5) is 0 Å². The van der Waals surface area contributed by atoms with Gasteiger partial charge in [0.25, 0.3) is 0 Å².